The van der Waals surface area contributed by atoms with E-state index in [1.165, 1.54) is 0 Å². The van der Waals surface area contributed by atoms with E-state index in [1.54, 1.807) is 32.9 Å². The number of hydrogen-bond donors (Lipinski definition) is 1. The molecule has 5 heteroatoms. The number of carbonyl (C=O) groups excluding carboxylic acids is 1. The van der Waals surface area contributed by atoms with Crippen LogP contribution in [0.3, 0.4) is 0 Å². The highest BCUT2D eigenvalue weighted by Gasteiger charge is 2.01. The fraction of sp³-hybridized carbons (Fsp3) is 0.286. The number of anilines is 1. The van der Waals surface area contributed by atoms with Crippen LogP contribution in [0.25, 0.3) is 0 Å². The maximum Gasteiger partial charge on any atom is 0.235 e. The highest BCUT2D eigenvalue weighted by Crippen LogP contribution is 2.17. The van der Waals surface area contributed by atoms with Crippen LogP contribution in [0, 0.1) is 0 Å². The van der Waals surface area contributed by atoms with E-state index in [2.05, 4.69) is 5.32 Å². The van der Waals surface area contributed by atoms with E-state index in [0.29, 0.717) is 5.75 Å². The van der Waals surface area contributed by atoms with Gasteiger partial charge in [0.2, 0.25) is 5.91 Å². The van der Waals surface area contributed by atoms with E-state index in [9.17, 15) is 4.79 Å². The van der Waals surface area contributed by atoms with Crippen LogP contribution in [0.1, 0.15) is 0 Å². The summed E-state index contributed by atoms with van der Waals surface area (Å²) in [6, 6.07) is 1.90. The van der Waals surface area contributed by atoms with Crippen molar-refractivity contribution in [2.75, 3.05) is 17.3 Å². The van der Waals surface area contributed by atoms with Crippen LogP contribution in [0.4, 0.5) is 5.69 Å². The summed E-state index contributed by atoms with van der Waals surface area (Å²) in [6.45, 7) is 0. The second kappa shape index (κ2) is 5.50. The lowest BCUT2D eigenvalue weighted by atomic mass is 10.5. The largest absolute Gasteiger partial charge is 0.325 e. The molecule has 1 amide bonds. The summed E-state index contributed by atoms with van der Waals surface area (Å²) in [5.74, 6) is 0.574. The standard InChI is InChI=1S/C7H9NOS3/c1-10-12-5-7(9)8-6-2-3-11-4-6/h2-4H,5H2,1H3,(H,8,9). The summed E-state index contributed by atoms with van der Waals surface area (Å²) in [4.78, 5) is 11.1. The number of rotatable bonds is 4. The van der Waals surface area contributed by atoms with Gasteiger partial charge >= 0.3 is 0 Å². The summed E-state index contributed by atoms with van der Waals surface area (Å²) in [5, 5.41) is 6.65. The Morgan fingerprint density at radius 1 is 1.75 bits per heavy atom. The SMILES string of the molecule is CSSCC(=O)Nc1ccsc1. The maximum absolute atomic E-state index is 11.1. The van der Waals surface area contributed by atoms with Crippen molar-refractivity contribution in [1.29, 1.82) is 0 Å². The quantitative estimate of drug-likeness (QED) is 0.789. The lowest BCUT2D eigenvalue weighted by Gasteiger charge is -1.99. The van der Waals surface area contributed by atoms with Gasteiger partial charge in [-0.05, 0) is 17.7 Å². The molecule has 1 rings (SSSR count). The van der Waals surface area contributed by atoms with Crippen LogP contribution in [0.2, 0.25) is 0 Å². The van der Waals surface area contributed by atoms with E-state index in [1.807, 2.05) is 23.1 Å². The van der Waals surface area contributed by atoms with Gasteiger partial charge in [0.15, 0.2) is 0 Å². The minimum absolute atomic E-state index is 0.0627. The van der Waals surface area contributed by atoms with Crippen LogP contribution >= 0.6 is 32.9 Å². The normalized spacial score (nSPS) is 9.75. The zero-order valence-corrected chi connectivity index (χ0v) is 9.02. The van der Waals surface area contributed by atoms with Crippen molar-refractivity contribution in [3.05, 3.63) is 16.8 Å². The van der Waals surface area contributed by atoms with Gasteiger partial charge in [-0.15, -0.1) is 0 Å². The number of thiophene rings is 1. The Bertz CT molecular complexity index is 235. The average Bonchev–Trinajstić information content (AvgIpc) is 2.53. The first-order chi connectivity index (χ1) is 5.83. The Hall–Kier alpha value is -0.130. The second-order valence-electron chi connectivity index (χ2n) is 1.99. The smallest absolute Gasteiger partial charge is 0.235 e. The van der Waals surface area contributed by atoms with Crippen LogP contribution in [-0.4, -0.2) is 17.9 Å². The molecule has 0 radical (unpaired) electrons. The van der Waals surface area contributed by atoms with Gasteiger partial charge in [-0.3, -0.25) is 4.79 Å². The molecule has 0 bridgehead atoms. The highest BCUT2D eigenvalue weighted by molar-refractivity contribution is 8.76. The topological polar surface area (TPSA) is 29.1 Å². The number of carbonyl (C=O) groups is 1. The minimum atomic E-state index is 0.0627. The molecule has 0 aromatic carbocycles. The molecule has 0 atom stereocenters. The van der Waals surface area contributed by atoms with Gasteiger partial charge < -0.3 is 5.32 Å². The van der Waals surface area contributed by atoms with Gasteiger partial charge in [0, 0.05) is 5.38 Å². The van der Waals surface area contributed by atoms with E-state index in [0.717, 1.165) is 5.69 Å². The summed E-state index contributed by atoms with van der Waals surface area (Å²) in [5.41, 5.74) is 0.895. The molecule has 0 saturated heterocycles. The maximum atomic E-state index is 11.1. The molecule has 1 aromatic heterocycles. The molecule has 0 aliphatic rings. The monoisotopic (exact) mass is 219 g/mol. The summed E-state index contributed by atoms with van der Waals surface area (Å²) in [6.07, 6.45) is 1.96. The lowest BCUT2D eigenvalue weighted by molar-refractivity contribution is -0.113. The third-order valence-electron chi connectivity index (χ3n) is 1.11. The Kier molecular flexibility index (Phi) is 4.57. The summed E-state index contributed by atoms with van der Waals surface area (Å²) < 4.78 is 0. The predicted octanol–water partition coefficient (Wildman–Crippen LogP) is 2.70. The first-order valence-corrected chi connectivity index (χ1v) is 6.97. The van der Waals surface area contributed by atoms with E-state index in [4.69, 9.17) is 0 Å². The highest BCUT2D eigenvalue weighted by atomic mass is 33.1. The van der Waals surface area contributed by atoms with Crippen LogP contribution in [-0.2, 0) is 4.79 Å². The fourth-order valence-corrected chi connectivity index (χ4v) is 2.20. The first-order valence-electron chi connectivity index (χ1n) is 3.30. The number of amides is 1. The van der Waals surface area contributed by atoms with Gasteiger partial charge in [-0.1, -0.05) is 21.6 Å². The molecule has 0 fully saturated rings. The Morgan fingerprint density at radius 3 is 3.17 bits per heavy atom. The van der Waals surface area contributed by atoms with E-state index < -0.39 is 0 Å². The van der Waals surface area contributed by atoms with Gasteiger partial charge in [0.25, 0.3) is 0 Å². The first kappa shape index (κ1) is 9.95. The molecule has 0 aliphatic heterocycles. The molecule has 0 spiro atoms. The van der Waals surface area contributed by atoms with Crippen molar-refractivity contribution in [1.82, 2.24) is 0 Å². The molecular formula is C7H9NOS3. The Labute approximate surface area is 83.5 Å². The number of hydrogen-bond acceptors (Lipinski definition) is 4. The van der Waals surface area contributed by atoms with Gasteiger partial charge in [-0.2, -0.15) is 11.3 Å². The lowest BCUT2D eigenvalue weighted by Crippen LogP contribution is -2.12. The molecule has 12 heavy (non-hydrogen) atoms. The molecule has 1 aromatic rings. The van der Waals surface area contributed by atoms with Crippen molar-refractivity contribution in [2.45, 2.75) is 0 Å². The zero-order chi connectivity index (χ0) is 8.81. The molecule has 0 aliphatic carbocycles. The molecule has 2 nitrogen and oxygen atoms in total. The van der Waals surface area contributed by atoms with Crippen molar-refractivity contribution in [3.63, 3.8) is 0 Å². The summed E-state index contributed by atoms with van der Waals surface area (Å²) >= 11 is 1.58. The molecule has 1 heterocycles. The third-order valence-corrected chi connectivity index (χ3v) is 3.47. The molecule has 0 unspecified atom stereocenters. The van der Waals surface area contributed by atoms with Crippen LogP contribution in [0.5, 0.6) is 0 Å². The molecular weight excluding hydrogens is 210 g/mol. The Balaban J connectivity index is 2.27. The van der Waals surface area contributed by atoms with E-state index >= 15 is 0 Å². The van der Waals surface area contributed by atoms with Crippen LogP contribution < -0.4 is 5.32 Å². The van der Waals surface area contributed by atoms with E-state index in [-0.39, 0.29) is 5.91 Å². The fourth-order valence-electron chi connectivity index (χ4n) is 0.645. The van der Waals surface area contributed by atoms with Gasteiger partial charge in [0.1, 0.15) is 0 Å². The van der Waals surface area contributed by atoms with Crippen molar-refractivity contribution in [3.8, 4) is 0 Å². The summed E-state index contributed by atoms with van der Waals surface area (Å²) in [7, 11) is 3.15. The second-order valence-corrected chi connectivity index (χ2v) is 5.33. The number of nitrogens with one attached hydrogen (secondary N) is 1. The molecule has 0 saturated carbocycles. The predicted molar refractivity (Wildman–Crippen MR) is 58.9 cm³/mol. The molecule has 66 valence electrons. The van der Waals surface area contributed by atoms with Crippen molar-refractivity contribution < 1.29 is 4.79 Å². The minimum Gasteiger partial charge on any atom is -0.325 e. The zero-order valence-electron chi connectivity index (χ0n) is 6.57. The average molecular weight is 219 g/mol. The Morgan fingerprint density at radius 2 is 2.58 bits per heavy atom. The third kappa shape index (κ3) is 3.51. The van der Waals surface area contributed by atoms with Crippen molar-refractivity contribution >= 4 is 44.5 Å². The molecule has 1 N–H and O–H groups in total. The van der Waals surface area contributed by atoms with Gasteiger partial charge in [0.05, 0.1) is 11.4 Å². The van der Waals surface area contributed by atoms with Gasteiger partial charge in [-0.25, -0.2) is 0 Å². The van der Waals surface area contributed by atoms with Crippen LogP contribution in [0.15, 0.2) is 16.8 Å². The van der Waals surface area contributed by atoms with Crippen molar-refractivity contribution in [2.24, 2.45) is 0 Å².